The Morgan fingerprint density at radius 3 is 2.30 bits per heavy atom. The number of quaternary nitrogens is 1. The fourth-order valence-corrected chi connectivity index (χ4v) is 3.22. The summed E-state index contributed by atoms with van der Waals surface area (Å²) in [5.41, 5.74) is 18.5. The van der Waals surface area contributed by atoms with E-state index in [9.17, 15) is 14.7 Å². The van der Waals surface area contributed by atoms with Gasteiger partial charge in [-0.15, -0.1) is 6.58 Å². The molecule has 1 aromatic rings. The van der Waals surface area contributed by atoms with Crippen LogP contribution in [0.4, 0.5) is 5.69 Å². The van der Waals surface area contributed by atoms with Crippen LogP contribution in [0.2, 0.25) is 0 Å². The number of rotatable bonds is 13. The fourth-order valence-electron chi connectivity index (χ4n) is 3.22. The van der Waals surface area contributed by atoms with Gasteiger partial charge < -0.3 is 36.3 Å². The highest BCUT2D eigenvalue weighted by molar-refractivity contribution is 5.72. The Kier molecular flexibility index (Phi) is 9.48. The zero-order valence-electron chi connectivity index (χ0n) is 18.3. The topological polar surface area (TPSA) is 144 Å². The Balaban J connectivity index is 2.61. The number of carbonyl (C=O) groups excluding carboxylic acids is 2. The van der Waals surface area contributed by atoms with Crippen molar-refractivity contribution in [2.45, 2.75) is 43.9 Å². The standard InChI is InChI=1S/C22H36N4O4/c1-5-8-18(21(28)29)19(15-26(2,3)4)30-20(27)9-6-7-14-22(24,25)16-10-12-17(23)13-11-16/h5,10-13,18-19H,1,6-9,14-15,23-25H2,2-4H3. The first-order chi connectivity index (χ1) is 13.9. The van der Waals surface area contributed by atoms with Crippen molar-refractivity contribution in [3.05, 3.63) is 42.5 Å². The van der Waals surface area contributed by atoms with Gasteiger partial charge in [0.05, 0.1) is 26.8 Å². The number of likely N-dealkylation sites (N-methyl/N-ethyl adjacent to an activating group) is 1. The maximum Gasteiger partial charge on any atom is 0.306 e. The summed E-state index contributed by atoms with van der Waals surface area (Å²) in [7, 11) is 5.71. The van der Waals surface area contributed by atoms with E-state index in [2.05, 4.69) is 6.58 Å². The van der Waals surface area contributed by atoms with Gasteiger partial charge in [-0.2, -0.15) is 0 Å². The summed E-state index contributed by atoms with van der Waals surface area (Å²) in [6, 6.07) is 7.06. The Labute approximate surface area is 179 Å². The Hall–Kier alpha value is -2.42. The van der Waals surface area contributed by atoms with Crippen LogP contribution in [0.5, 0.6) is 0 Å². The molecule has 8 nitrogen and oxygen atoms in total. The summed E-state index contributed by atoms with van der Waals surface area (Å²) in [4.78, 5) is 23.9. The number of anilines is 1. The lowest BCUT2D eigenvalue weighted by Crippen LogP contribution is -2.50. The maximum absolute atomic E-state index is 12.4. The molecule has 0 aliphatic carbocycles. The molecule has 0 spiro atoms. The van der Waals surface area contributed by atoms with Gasteiger partial charge >= 0.3 is 5.97 Å². The van der Waals surface area contributed by atoms with E-state index < -0.39 is 29.6 Å². The summed E-state index contributed by atoms with van der Waals surface area (Å²) in [5, 5.41) is 11.5. The lowest BCUT2D eigenvalue weighted by atomic mass is 9.94. The highest BCUT2D eigenvalue weighted by Crippen LogP contribution is 2.21. The van der Waals surface area contributed by atoms with Gasteiger partial charge in [-0.25, -0.2) is 0 Å². The zero-order chi connectivity index (χ0) is 22.9. The number of carbonyl (C=O) groups is 2. The molecular weight excluding hydrogens is 384 g/mol. The number of unbranched alkanes of at least 4 members (excludes halogenated alkanes) is 1. The number of ether oxygens (including phenoxy) is 1. The van der Waals surface area contributed by atoms with Crippen LogP contribution in [-0.4, -0.2) is 50.2 Å². The minimum absolute atomic E-state index is 0.152. The lowest BCUT2D eigenvalue weighted by molar-refractivity contribution is -0.873. The van der Waals surface area contributed by atoms with E-state index in [1.165, 1.54) is 6.08 Å². The van der Waals surface area contributed by atoms with Gasteiger partial charge in [-0.05, 0) is 43.4 Å². The van der Waals surface area contributed by atoms with Gasteiger partial charge in [0, 0.05) is 24.0 Å². The molecule has 0 bridgehead atoms. The van der Waals surface area contributed by atoms with E-state index in [4.69, 9.17) is 21.9 Å². The number of hydrogen-bond donors (Lipinski definition) is 3. The second-order valence-electron chi connectivity index (χ2n) is 8.82. The van der Waals surface area contributed by atoms with Crippen LogP contribution in [0, 0.1) is 5.92 Å². The van der Waals surface area contributed by atoms with Crippen molar-refractivity contribution in [3.8, 4) is 0 Å². The number of hydrogen-bond acceptors (Lipinski definition) is 7. The predicted octanol–water partition coefficient (Wildman–Crippen LogP) is 0.460. The van der Waals surface area contributed by atoms with Crippen molar-refractivity contribution in [2.24, 2.45) is 17.4 Å². The molecule has 1 aromatic carbocycles. The minimum atomic E-state index is -1.25. The molecule has 0 aliphatic rings. The number of nitrogen functional groups attached to an aromatic ring is 1. The van der Waals surface area contributed by atoms with Crippen LogP contribution >= 0.6 is 0 Å². The third-order valence-corrected chi connectivity index (χ3v) is 4.85. The Morgan fingerprint density at radius 2 is 1.80 bits per heavy atom. The summed E-state index contributed by atoms with van der Waals surface area (Å²) < 4.78 is 5.98. The van der Waals surface area contributed by atoms with Crippen molar-refractivity contribution in [2.75, 3.05) is 33.4 Å². The Morgan fingerprint density at radius 1 is 1.20 bits per heavy atom. The molecule has 30 heavy (non-hydrogen) atoms. The largest absolute Gasteiger partial charge is 0.550 e. The molecule has 168 valence electrons. The number of aliphatic carboxylic acids is 1. The van der Waals surface area contributed by atoms with Gasteiger partial charge in [0.25, 0.3) is 0 Å². The normalized spacial score (nSPS) is 14.0. The van der Waals surface area contributed by atoms with Gasteiger partial charge in [0.2, 0.25) is 0 Å². The second kappa shape index (κ2) is 11.1. The van der Waals surface area contributed by atoms with E-state index in [-0.39, 0.29) is 12.8 Å². The predicted molar refractivity (Wildman–Crippen MR) is 115 cm³/mol. The molecule has 2 unspecified atom stereocenters. The summed E-state index contributed by atoms with van der Waals surface area (Å²) in [5.74, 6) is -2.63. The molecule has 2 atom stereocenters. The van der Waals surface area contributed by atoms with Gasteiger partial charge in [-0.3, -0.25) is 4.79 Å². The molecule has 6 N–H and O–H groups in total. The fraction of sp³-hybridized carbons (Fsp3) is 0.545. The smallest absolute Gasteiger partial charge is 0.306 e. The quantitative estimate of drug-likeness (QED) is 0.105. The van der Waals surface area contributed by atoms with E-state index in [0.29, 0.717) is 36.0 Å². The monoisotopic (exact) mass is 420 g/mol. The molecule has 0 aromatic heterocycles. The molecular formula is C22H36N4O4. The molecule has 0 heterocycles. The highest BCUT2D eigenvalue weighted by atomic mass is 16.5. The number of carboxylic acid groups (broad SMARTS) is 1. The Bertz CT molecular complexity index is 711. The lowest BCUT2D eigenvalue weighted by Gasteiger charge is -2.33. The van der Waals surface area contributed by atoms with Crippen LogP contribution in [0.3, 0.4) is 0 Å². The molecule has 0 saturated heterocycles. The number of esters is 1. The third-order valence-electron chi connectivity index (χ3n) is 4.85. The van der Waals surface area contributed by atoms with Crippen LogP contribution in [0.25, 0.3) is 0 Å². The first-order valence-electron chi connectivity index (χ1n) is 10.1. The number of nitrogens with two attached hydrogens (primary N) is 3. The first kappa shape index (κ1) is 25.6. The van der Waals surface area contributed by atoms with Crippen LogP contribution in [0.15, 0.2) is 36.9 Å². The van der Waals surface area contributed by atoms with Crippen molar-refractivity contribution < 1.29 is 23.9 Å². The van der Waals surface area contributed by atoms with Gasteiger partial charge in [0.1, 0.15) is 6.54 Å². The van der Waals surface area contributed by atoms with Crippen molar-refractivity contribution in [1.29, 1.82) is 0 Å². The maximum atomic E-state index is 12.4. The second-order valence-corrected chi connectivity index (χ2v) is 8.82. The average Bonchev–Trinajstić information content (AvgIpc) is 2.61. The van der Waals surface area contributed by atoms with E-state index in [1.54, 1.807) is 24.3 Å². The minimum Gasteiger partial charge on any atom is -0.550 e. The number of carboxylic acids is 1. The van der Waals surface area contributed by atoms with Gasteiger partial charge in [0.15, 0.2) is 6.10 Å². The number of nitrogens with zero attached hydrogens (tertiary/aromatic N) is 1. The van der Waals surface area contributed by atoms with Crippen molar-refractivity contribution in [1.82, 2.24) is 0 Å². The van der Waals surface area contributed by atoms with Crippen LogP contribution < -0.4 is 22.3 Å². The molecule has 0 aliphatic heterocycles. The van der Waals surface area contributed by atoms with E-state index >= 15 is 0 Å². The summed E-state index contributed by atoms with van der Waals surface area (Å²) in [6.45, 7) is 3.94. The summed E-state index contributed by atoms with van der Waals surface area (Å²) in [6.07, 6.45) is 2.64. The van der Waals surface area contributed by atoms with E-state index in [0.717, 1.165) is 5.56 Å². The SMILES string of the molecule is C=CCC(C(=O)[O-])C(C[N+](C)(C)C)OC(=O)CCCCC(N)(N)c1ccc(N)cc1. The van der Waals surface area contributed by atoms with Crippen molar-refractivity contribution in [3.63, 3.8) is 0 Å². The molecule has 0 fully saturated rings. The van der Waals surface area contributed by atoms with Crippen LogP contribution in [-0.2, 0) is 20.0 Å². The highest BCUT2D eigenvalue weighted by Gasteiger charge is 2.30. The molecule has 8 heteroatoms. The molecule has 0 saturated carbocycles. The number of benzene rings is 1. The number of allylic oxidation sites excluding steroid dienone is 1. The van der Waals surface area contributed by atoms with E-state index in [1.807, 2.05) is 21.1 Å². The molecule has 0 amide bonds. The summed E-state index contributed by atoms with van der Waals surface area (Å²) >= 11 is 0. The van der Waals surface area contributed by atoms with Crippen molar-refractivity contribution >= 4 is 17.6 Å². The molecule has 0 radical (unpaired) electrons. The first-order valence-corrected chi connectivity index (χ1v) is 10.1. The molecule has 1 rings (SSSR count). The van der Waals surface area contributed by atoms with Gasteiger partial charge in [-0.1, -0.05) is 18.2 Å². The zero-order valence-corrected chi connectivity index (χ0v) is 18.3. The third kappa shape index (κ3) is 8.94. The average molecular weight is 421 g/mol. The van der Waals surface area contributed by atoms with Crippen LogP contribution in [0.1, 0.15) is 37.7 Å².